The molecule has 0 saturated heterocycles. The topological polar surface area (TPSA) is 34.1 Å². The first-order valence-corrected chi connectivity index (χ1v) is 9.58. The molecule has 26 heavy (non-hydrogen) atoms. The Labute approximate surface area is 154 Å². The van der Waals surface area contributed by atoms with E-state index in [4.69, 9.17) is 14.6 Å². The molecule has 1 fully saturated rings. The Morgan fingerprint density at radius 1 is 1.04 bits per heavy atom. The van der Waals surface area contributed by atoms with Gasteiger partial charge in [-0.1, -0.05) is 24.6 Å². The van der Waals surface area contributed by atoms with Crippen LogP contribution in [-0.4, -0.2) is 23.6 Å². The fourth-order valence-corrected chi connectivity index (χ4v) is 4.62. The molecule has 0 amide bonds. The predicted octanol–water partition coefficient (Wildman–Crippen LogP) is 4.90. The number of hydrogen-bond acceptors (Lipinski definition) is 4. The summed E-state index contributed by atoms with van der Waals surface area (Å²) in [6.07, 6.45) is 6.74. The molecule has 4 heteroatoms. The van der Waals surface area contributed by atoms with Gasteiger partial charge in [0.2, 0.25) is 0 Å². The number of para-hydroxylation sites is 1. The van der Waals surface area contributed by atoms with E-state index in [0.29, 0.717) is 0 Å². The molecule has 0 radical (unpaired) electrons. The van der Waals surface area contributed by atoms with E-state index in [-0.39, 0.29) is 11.8 Å². The molecule has 4 nitrogen and oxygen atoms in total. The summed E-state index contributed by atoms with van der Waals surface area (Å²) in [5.41, 5.74) is 3.30. The van der Waals surface area contributed by atoms with E-state index < -0.39 is 0 Å². The van der Waals surface area contributed by atoms with Gasteiger partial charge in [0.15, 0.2) is 5.72 Å². The molecule has 0 aromatic heterocycles. The van der Waals surface area contributed by atoms with E-state index in [0.717, 1.165) is 36.5 Å². The number of hydrazone groups is 1. The summed E-state index contributed by atoms with van der Waals surface area (Å²) < 4.78 is 11.9. The predicted molar refractivity (Wildman–Crippen MR) is 102 cm³/mol. The van der Waals surface area contributed by atoms with Crippen LogP contribution in [0.1, 0.15) is 55.7 Å². The van der Waals surface area contributed by atoms with Gasteiger partial charge in [-0.05, 0) is 48.7 Å². The van der Waals surface area contributed by atoms with Crippen molar-refractivity contribution >= 4 is 5.71 Å². The second kappa shape index (κ2) is 6.04. The average Bonchev–Trinajstić information content (AvgIpc) is 3.16. The minimum absolute atomic E-state index is 0.272. The fourth-order valence-electron chi connectivity index (χ4n) is 4.62. The fraction of sp³-hybridized carbons (Fsp3) is 0.409. The summed E-state index contributed by atoms with van der Waals surface area (Å²) in [7, 11) is 1.70. The van der Waals surface area contributed by atoms with Crippen LogP contribution in [0.5, 0.6) is 11.5 Å². The zero-order valence-corrected chi connectivity index (χ0v) is 15.1. The van der Waals surface area contributed by atoms with E-state index in [9.17, 15) is 0 Å². The SMILES string of the molecule is COc1ccc(C2=NN3C(C2)c2ccccc2OC32CCCCC2)cc1. The molecule has 1 saturated carbocycles. The molecule has 2 aromatic carbocycles. The number of hydrogen-bond donors (Lipinski definition) is 0. The van der Waals surface area contributed by atoms with Crippen molar-refractivity contribution in [1.29, 1.82) is 0 Å². The Morgan fingerprint density at radius 2 is 1.81 bits per heavy atom. The number of ether oxygens (including phenoxy) is 2. The van der Waals surface area contributed by atoms with Crippen LogP contribution in [0.4, 0.5) is 0 Å². The van der Waals surface area contributed by atoms with Gasteiger partial charge in [-0.2, -0.15) is 5.10 Å². The molecule has 1 unspecified atom stereocenters. The Hall–Kier alpha value is -2.49. The molecule has 2 aliphatic heterocycles. The van der Waals surface area contributed by atoms with Crippen molar-refractivity contribution in [2.24, 2.45) is 5.10 Å². The van der Waals surface area contributed by atoms with E-state index in [1.165, 1.54) is 30.4 Å². The highest BCUT2D eigenvalue weighted by atomic mass is 16.5. The Balaban J connectivity index is 1.56. The van der Waals surface area contributed by atoms with Crippen LogP contribution in [0.15, 0.2) is 53.6 Å². The minimum atomic E-state index is -0.272. The standard InChI is InChI=1S/C22H24N2O2/c1-25-17-11-9-16(10-12-17)19-15-20-18-7-3-4-8-21(18)26-22(24(20)23-19)13-5-2-6-14-22/h3-4,7-12,20H,2,5-6,13-15H2,1H3. The lowest BCUT2D eigenvalue weighted by Crippen LogP contribution is -2.54. The number of rotatable bonds is 2. The molecule has 1 atom stereocenters. The van der Waals surface area contributed by atoms with Crippen molar-refractivity contribution in [3.05, 3.63) is 59.7 Å². The maximum absolute atomic E-state index is 6.59. The van der Waals surface area contributed by atoms with E-state index >= 15 is 0 Å². The van der Waals surface area contributed by atoms with Gasteiger partial charge >= 0.3 is 0 Å². The summed E-state index contributed by atoms with van der Waals surface area (Å²) in [6.45, 7) is 0. The normalized spacial score (nSPS) is 23.0. The average molecular weight is 348 g/mol. The highest BCUT2D eigenvalue weighted by molar-refractivity contribution is 6.02. The molecule has 2 aromatic rings. The summed E-state index contributed by atoms with van der Waals surface area (Å²) in [4.78, 5) is 0. The van der Waals surface area contributed by atoms with Crippen molar-refractivity contribution in [2.45, 2.75) is 50.3 Å². The number of benzene rings is 2. The van der Waals surface area contributed by atoms with Crippen LogP contribution >= 0.6 is 0 Å². The van der Waals surface area contributed by atoms with Crippen molar-refractivity contribution < 1.29 is 9.47 Å². The van der Waals surface area contributed by atoms with Crippen LogP contribution in [0.2, 0.25) is 0 Å². The summed E-state index contributed by atoms with van der Waals surface area (Å²) in [5, 5.41) is 7.38. The highest BCUT2D eigenvalue weighted by Gasteiger charge is 2.50. The molecule has 1 spiro atoms. The highest BCUT2D eigenvalue weighted by Crippen LogP contribution is 2.51. The van der Waals surface area contributed by atoms with Gasteiger partial charge < -0.3 is 9.47 Å². The zero-order valence-electron chi connectivity index (χ0n) is 15.1. The third-order valence-electron chi connectivity index (χ3n) is 5.96. The number of nitrogens with zero attached hydrogens (tertiary/aromatic N) is 2. The van der Waals surface area contributed by atoms with Crippen LogP contribution in [0.3, 0.4) is 0 Å². The molecule has 3 aliphatic rings. The maximum atomic E-state index is 6.59. The molecule has 5 rings (SSSR count). The molecule has 0 bridgehead atoms. The molecular weight excluding hydrogens is 324 g/mol. The molecule has 0 N–H and O–H groups in total. The zero-order chi connectivity index (χ0) is 17.6. The molecule has 1 aliphatic carbocycles. The van der Waals surface area contributed by atoms with Gasteiger partial charge in [-0.15, -0.1) is 0 Å². The van der Waals surface area contributed by atoms with Gasteiger partial charge in [-0.25, -0.2) is 5.01 Å². The first kappa shape index (κ1) is 15.7. The lowest BCUT2D eigenvalue weighted by Gasteiger charge is -2.49. The Morgan fingerprint density at radius 3 is 2.58 bits per heavy atom. The summed E-state index contributed by atoms with van der Waals surface area (Å²) >= 11 is 0. The smallest absolute Gasteiger partial charge is 0.198 e. The van der Waals surface area contributed by atoms with Gasteiger partial charge in [-0.3, -0.25) is 0 Å². The van der Waals surface area contributed by atoms with Crippen LogP contribution in [0.25, 0.3) is 0 Å². The largest absolute Gasteiger partial charge is 0.497 e. The third kappa shape index (κ3) is 2.39. The van der Waals surface area contributed by atoms with E-state index in [1.807, 2.05) is 12.1 Å². The monoisotopic (exact) mass is 348 g/mol. The third-order valence-corrected chi connectivity index (χ3v) is 5.96. The summed E-state index contributed by atoms with van der Waals surface area (Å²) in [5.74, 6) is 1.92. The Kier molecular flexibility index (Phi) is 3.66. The number of fused-ring (bicyclic) bond motifs is 4. The van der Waals surface area contributed by atoms with Crippen LogP contribution < -0.4 is 9.47 Å². The van der Waals surface area contributed by atoms with Gasteiger partial charge in [0.25, 0.3) is 0 Å². The van der Waals surface area contributed by atoms with Gasteiger partial charge in [0, 0.05) is 24.8 Å². The number of methoxy groups -OCH3 is 1. The maximum Gasteiger partial charge on any atom is 0.198 e. The molecule has 134 valence electrons. The first-order chi connectivity index (χ1) is 12.8. The minimum Gasteiger partial charge on any atom is -0.497 e. The Bertz CT molecular complexity index is 837. The lowest BCUT2D eigenvalue weighted by atomic mass is 9.86. The molecule has 2 heterocycles. The van der Waals surface area contributed by atoms with Gasteiger partial charge in [0.05, 0.1) is 18.9 Å². The quantitative estimate of drug-likeness (QED) is 0.774. The van der Waals surface area contributed by atoms with Crippen LogP contribution in [0, 0.1) is 0 Å². The first-order valence-electron chi connectivity index (χ1n) is 9.58. The summed E-state index contributed by atoms with van der Waals surface area (Å²) in [6, 6.07) is 17.0. The van der Waals surface area contributed by atoms with Crippen molar-refractivity contribution in [3.63, 3.8) is 0 Å². The van der Waals surface area contributed by atoms with Crippen molar-refractivity contribution in [1.82, 2.24) is 5.01 Å². The second-order valence-corrected chi connectivity index (χ2v) is 7.49. The lowest BCUT2D eigenvalue weighted by molar-refractivity contribution is -0.140. The van der Waals surface area contributed by atoms with Crippen molar-refractivity contribution in [3.8, 4) is 11.5 Å². The second-order valence-electron chi connectivity index (χ2n) is 7.49. The van der Waals surface area contributed by atoms with Crippen molar-refractivity contribution in [2.75, 3.05) is 7.11 Å². The van der Waals surface area contributed by atoms with E-state index in [1.54, 1.807) is 7.11 Å². The van der Waals surface area contributed by atoms with E-state index in [2.05, 4.69) is 41.4 Å². The van der Waals surface area contributed by atoms with Gasteiger partial charge in [0.1, 0.15) is 11.5 Å². The molecular formula is C22H24N2O2. The van der Waals surface area contributed by atoms with Crippen LogP contribution in [-0.2, 0) is 0 Å².